The van der Waals surface area contributed by atoms with Crippen molar-refractivity contribution in [2.45, 2.75) is 89.3 Å². The molecule has 3 aliphatic carbocycles. The molecule has 4 rings (SSSR count). The quantitative estimate of drug-likeness (QED) is 0.674. The molecule has 4 heteroatoms. The van der Waals surface area contributed by atoms with Crippen molar-refractivity contribution in [3.63, 3.8) is 0 Å². The van der Waals surface area contributed by atoms with E-state index in [9.17, 15) is 9.90 Å². The number of carbonyl (C=O) groups is 1. The number of carbonyl (C=O) groups excluding carboxylic acids is 1. The van der Waals surface area contributed by atoms with Crippen molar-refractivity contribution in [3.05, 3.63) is 53.4 Å². The fourth-order valence-electron chi connectivity index (χ4n) is 5.69. The molecule has 0 amide bonds. The molecule has 1 saturated carbocycles. The first-order chi connectivity index (χ1) is 14.6. The van der Waals surface area contributed by atoms with Crippen molar-refractivity contribution < 1.29 is 9.90 Å². The van der Waals surface area contributed by atoms with Gasteiger partial charge in [0.15, 0.2) is 0 Å². The van der Waals surface area contributed by atoms with Crippen LogP contribution in [-0.4, -0.2) is 27.5 Å². The Bertz CT molecular complexity index is 801. The van der Waals surface area contributed by atoms with E-state index in [0.29, 0.717) is 36.5 Å². The number of nitrogens with zero attached hydrogens (tertiary/aromatic N) is 1. The maximum Gasteiger partial charge on any atom is 0.133 e. The highest BCUT2D eigenvalue weighted by Gasteiger charge is 2.43. The average molecular weight is 409 g/mol. The van der Waals surface area contributed by atoms with E-state index in [1.54, 1.807) is 0 Å². The smallest absolute Gasteiger partial charge is 0.133 e. The summed E-state index contributed by atoms with van der Waals surface area (Å²) in [6.07, 6.45) is 17.6. The highest BCUT2D eigenvalue weighted by atomic mass is 16.3. The molecular weight excluding hydrogens is 372 g/mol. The third-order valence-electron chi connectivity index (χ3n) is 7.63. The number of Topliss-reactive ketones (excluding diaryl/α,β-unsaturated/α-hetero) is 1. The molecule has 1 aromatic rings. The van der Waals surface area contributed by atoms with Gasteiger partial charge in [-0.1, -0.05) is 30.7 Å². The van der Waals surface area contributed by atoms with Gasteiger partial charge in [-0.05, 0) is 80.4 Å². The zero-order valence-corrected chi connectivity index (χ0v) is 18.3. The van der Waals surface area contributed by atoms with Crippen molar-refractivity contribution in [1.82, 2.24) is 10.3 Å². The standard InChI is InChI=1S/C26H36N2O2/c1-2-24(28-18-19-5-4-14-27-17-19)10-9-22-6-3-7-23-15-20-8-11-25(29)16-21(20)12-13-26(22,23)30/h4-5,7,14-15,17,21-22,24,28,30H,2-3,6,8-13,16,18H2,1H3/t21?,22-,24+,26-/m0/s1. The summed E-state index contributed by atoms with van der Waals surface area (Å²) in [5.74, 6) is 1.05. The Kier molecular flexibility index (Phi) is 6.84. The van der Waals surface area contributed by atoms with Gasteiger partial charge in [-0.2, -0.15) is 0 Å². The zero-order chi connectivity index (χ0) is 21.0. The molecule has 0 saturated heterocycles. The molecule has 1 fully saturated rings. The Hall–Kier alpha value is -1.78. The van der Waals surface area contributed by atoms with E-state index < -0.39 is 5.60 Å². The number of aromatic nitrogens is 1. The molecule has 4 atom stereocenters. The molecule has 1 heterocycles. The zero-order valence-electron chi connectivity index (χ0n) is 18.3. The number of aliphatic hydroxyl groups is 1. The third-order valence-corrected chi connectivity index (χ3v) is 7.63. The summed E-state index contributed by atoms with van der Waals surface area (Å²) < 4.78 is 0. The van der Waals surface area contributed by atoms with Gasteiger partial charge in [0.2, 0.25) is 0 Å². The van der Waals surface area contributed by atoms with Crippen LogP contribution in [0.2, 0.25) is 0 Å². The Morgan fingerprint density at radius 3 is 3.03 bits per heavy atom. The second-order valence-corrected chi connectivity index (χ2v) is 9.48. The lowest BCUT2D eigenvalue weighted by molar-refractivity contribution is -0.120. The Labute approximate surface area is 180 Å². The van der Waals surface area contributed by atoms with E-state index in [2.05, 4.69) is 35.4 Å². The summed E-state index contributed by atoms with van der Waals surface area (Å²) in [7, 11) is 0. The molecule has 3 aliphatic rings. The first-order valence-electron chi connectivity index (χ1n) is 11.9. The van der Waals surface area contributed by atoms with Crippen LogP contribution in [0.4, 0.5) is 0 Å². The SMILES string of the molecule is CC[C@H](CC[C@@H]1CCC=C2C=C3CCC(=O)CC3CC[C@@]21O)NCc1cccnc1. The van der Waals surface area contributed by atoms with E-state index in [1.807, 2.05) is 18.5 Å². The molecule has 0 radical (unpaired) electrons. The number of hydrogen-bond donors (Lipinski definition) is 2. The maximum atomic E-state index is 11.9. The van der Waals surface area contributed by atoms with Crippen molar-refractivity contribution >= 4 is 5.78 Å². The predicted molar refractivity (Wildman–Crippen MR) is 120 cm³/mol. The van der Waals surface area contributed by atoms with Gasteiger partial charge in [-0.25, -0.2) is 0 Å². The lowest BCUT2D eigenvalue weighted by Crippen LogP contribution is -2.42. The van der Waals surface area contributed by atoms with Crippen LogP contribution in [0.3, 0.4) is 0 Å². The number of pyridine rings is 1. The number of allylic oxidation sites excluding steroid dienone is 2. The first kappa shape index (κ1) is 21.5. The minimum absolute atomic E-state index is 0.305. The van der Waals surface area contributed by atoms with Crippen molar-refractivity contribution in [2.24, 2.45) is 11.8 Å². The van der Waals surface area contributed by atoms with E-state index in [-0.39, 0.29) is 0 Å². The maximum absolute atomic E-state index is 11.9. The highest BCUT2D eigenvalue weighted by Crippen LogP contribution is 2.47. The molecular formula is C26H36N2O2. The molecule has 30 heavy (non-hydrogen) atoms. The number of ketones is 1. The largest absolute Gasteiger partial charge is 0.385 e. The van der Waals surface area contributed by atoms with Crippen molar-refractivity contribution in [3.8, 4) is 0 Å². The minimum Gasteiger partial charge on any atom is -0.385 e. The fourth-order valence-corrected chi connectivity index (χ4v) is 5.69. The topological polar surface area (TPSA) is 62.2 Å². The molecule has 162 valence electrons. The second kappa shape index (κ2) is 9.57. The van der Waals surface area contributed by atoms with Gasteiger partial charge in [-0.3, -0.25) is 9.78 Å². The highest BCUT2D eigenvalue weighted by molar-refractivity contribution is 5.80. The molecule has 4 nitrogen and oxygen atoms in total. The predicted octanol–water partition coefficient (Wildman–Crippen LogP) is 4.89. The molecule has 1 unspecified atom stereocenters. The van der Waals surface area contributed by atoms with Crippen LogP contribution < -0.4 is 5.32 Å². The molecule has 0 aliphatic heterocycles. The molecule has 1 aromatic heterocycles. The van der Waals surface area contributed by atoms with Gasteiger partial charge in [0.05, 0.1) is 5.60 Å². The van der Waals surface area contributed by atoms with Gasteiger partial charge in [0.25, 0.3) is 0 Å². The van der Waals surface area contributed by atoms with Crippen molar-refractivity contribution in [2.75, 3.05) is 0 Å². The summed E-state index contributed by atoms with van der Waals surface area (Å²) in [6, 6.07) is 4.54. The second-order valence-electron chi connectivity index (χ2n) is 9.48. The lowest BCUT2D eigenvalue weighted by atomic mass is 9.70. The van der Waals surface area contributed by atoms with Crippen LogP contribution in [0.25, 0.3) is 0 Å². The Balaban J connectivity index is 1.39. The van der Waals surface area contributed by atoms with E-state index >= 15 is 0 Å². The normalized spacial score (nSPS) is 29.9. The van der Waals surface area contributed by atoms with Gasteiger partial charge in [-0.15, -0.1) is 0 Å². The third kappa shape index (κ3) is 4.76. The van der Waals surface area contributed by atoms with E-state index in [4.69, 9.17) is 0 Å². The average Bonchev–Trinajstić information content (AvgIpc) is 2.91. The number of rotatable bonds is 7. The number of nitrogens with one attached hydrogen (secondary N) is 1. The van der Waals surface area contributed by atoms with Gasteiger partial charge in [0, 0.05) is 37.8 Å². The Morgan fingerprint density at radius 2 is 2.23 bits per heavy atom. The monoisotopic (exact) mass is 408 g/mol. The molecule has 0 spiro atoms. The Morgan fingerprint density at radius 1 is 1.33 bits per heavy atom. The van der Waals surface area contributed by atoms with Gasteiger partial charge >= 0.3 is 0 Å². The summed E-state index contributed by atoms with van der Waals surface area (Å²) >= 11 is 0. The van der Waals surface area contributed by atoms with Gasteiger partial charge in [0.1, 0.15) is 5.78 Å². The van der Waals surface area contributed by atoms with E-state index in [1.165, 1.54) is 11.1 Å². The lowest BCUT2D eigenvalue weighted by Gasteiger charge is -2.41. The molecule has 0 aromatic carbocycles. The van der Waals surface area contributed by atoms with Crippen LogP contribution in [0, 0.1) is 11.8 Å². The van der Waals surface area contributed by atoms with Crippen LogP contribution in [0.1, 0.15) is 76.7 Å². The first-order valence-corrected chi connectivity index (χ1v) is 11.9. The van der Waals surface area contributed by atoms with Crippen LogP contribution >= 0.6 is 0 Å². The summed E-state index contributed by atoms with van der Waals surface area (Å²) in [5, 5.41) is 15.5. The van der Waals surface area contributed by atoms with Crippen molar-refractivity contribution in [1.29, 1.82) is 0 Å². The van der Waals surface area contributed by atoms with Crippen LogP contribution in [0.5, 0.6) is 0 Å². The molecule has 0 bridgehead atoms. The minimum atomic E-state index is -0.715. The van der Waals surface area contributed by atoms with Gasteiger partial charge < -0.3 is 10.4 Å². The van der Waals surface area contributed by atoms with Crippen LogP contribution in [-0.2, 0) is 11.3 Å². The summed E-state index contributed by atoms with van der Waals surface area (Å²) in [6.45, 7) is 3.08. The summed E-state index contributed by atoms with van der Waals surface area (Å²) in [5.41, 5.74) is 3.04. The number of fused-ring (bicyclic) bond motifs is 2. The fraction of sp³-hybridized carbons (Fsp3) is 0.615. The molecule has 2 N–H and O–H groups in total. The number of hydrogen-bond acceptors (Lipinski definition) is 4. The van der Waals surface area contributed by atoms with Crippen LogP contribution in [0.15, 0.2) is 47.8 Å². The summed E-state index contributed by atoms with van der Waals surface area (Å²) in [4.78, 5) is 16.1. The van der Waals surface area contributed by atoms with E-state index in [0.717, 1.165) is 63.5 Å².